The maximum absolute atomic E-state index is 13.1. The van der Waals surface area contributed by atoms with E-state index in [1.165, 1.54) is 6.92 Å². The summed E-state index contributed by atoms with van der Waals surface area (Å²) in [6, 6.07) is 15.0. The van der Waals surface area contributed by atoms with E-state index in [9.17, 15) is 14.4 Å². The predicted molar refractivity (Wildman–Crippen MR) is 111 cm³/mol. The van der Waals surface area contributed by atoms with Crippen molar-refractivity contribution in [1.82, 2.24) is 20.1 Å². The van der Waals surface area contributed by atoms with Crippen molar-refractivity contribution in [3.05, 3.63) is 66.0 Å². The summed E-state index contributed by atoms with van der Waals surface area (Å²) in [5.74, 6) is -0.341. The molecule has 2 saturated heterocycles. The highest BCUT2D eigenvalue weighted by Gasteiger charge is 2.57. The van der Waals surface area contributed by atoms with Crippen molar-refractivity contribution in [3.63, 3.8) is 0 Å². The van der Waals surface area contributed by atoms with Crippen molar-refractivity contribution in [1.29, 1.82) is 0 Å². The van der Waals surface area contributed by atoms with Gasteiger partial charge in [-0.2, -0.15) is 0 Å². The van der Waals surface area contributed by atoms with Gasteiger partial charge in [-0.05, 0) is 24.1 Å². The Morgan fingerprint density at radius 2 is 1.77 bits per heavy atom. The molecule has 2 aliphatic rings. The number of aromatic nitrogens is 1. The number of nitrogens with zero attached hydrogens (tertiary/aromatic N) is 3. The topological polar surface area (TPSA) is 82.6 Å². The second-order valence-corrected chi connectivity index (χ2v) is 8.18. The molecule has 0 unspecified atom stereocenters. The van der Waals surface area contributed by atoms with Crippen LogP contribution in [0.15, 0.2) is 54.7 Å². The first-order valence-electron chi connectivity index (χ1n) is 10.2. The monoisotopic (exact) mass is 406 g/mol. The van der Waals surface area contributed by atoms with E-state index >= 15 is 0 Å². The fourth-order valence-corrected chi connectivity index (χ4v) is 5.07. The Labute approximate surface area is 176 Å². The number of likely N-dealkylation sites (tertiary alicyclic amines) is 2. The Bertz CT molecular complexity index is 949. The molecule has 3 amide bonds. The first kappa shape index (κ1) is 20.1. The molecular formula is C23H26N4O3. The van der Waals surface area contributed by atoms with Crippen LogP contribution in [0, 0.1) is 5.92 Å². The Kier molecular flexibility index (Phi) is 5.28. The van der Waals surface area contributed by atoms with Gasteiger partial charge in [-0.25, -0.2) is 0 Å². The van der Waals surface area contributed by atoms with Gasteiger partial charge in [0.25, 0.3) is 5.91 Å². The zero-order valence-electron chi connectivity index (χ0n) is 17.2. The van der Waals surface area contributed by atoms with Crippen molar-refractivity contribution >= 4 is 17.7 Å². The Morgan fingerprint density at radius 1 is 1.03 bits per heavy atom. The van der Waals surface area contributed by atoms with Crippen LogP contribution in [-0.4, -0.2) is 57.7 Å². The molecule has 2 aliphatic heterocycles. The molecule has 1 N–H and O–H groups in total. The molecular weight excluding hydrogens is 380 g/mol. The third kappa shape index (κ3) is 3.56. The van der Waals surface area contributed by atoms with Crippen LogP contribution in [-0.2, 0) is 9.59 Å². The minimum absolute atomic E-state index is 0.0143. The van der Waals surface area contributed by atoms with Crippen LogP contribution < -0.4 is 5.32 Å². The predicted octanol–water partition coefficient (Wildman–Crippen LogP) is 2.02. The average molecular weight is 406 g/mol. The summed E-state index contributed by atoms with van der Waals surface area (Å²) < 4.78 is 0. The maximum atomic E-state index is 13.1. The van der Waals surface area contributed by atoms with Gasteiger partial charge in [0.15, 0.2) is 0 Å². The van der Waals surface area contributed by atoms with E-state index in [4.69, 9.17) is 0 Å². The van der Waals surface area contributed by atoms with Gasteiger partial charge in [0.05, 0.1) is 11.6 Å². The van der Waals surface area contributed by atoms with Crippen LogP contribution in [0.25, 0.3) is 0 Å². The third-order valence-corrected chi connectivity index (χ3v) is 6.20. The van der Waals surface area contributed by atoms with Crippen LogP contribution in [0.2, 0.25) is 0 Å². The highest BCUT2D eigenvalue weighted by atomic mass is 16.2. The molecule has 0 saturated carbocycles. The molecule has 3 heterocycles. The summed E-state index contributed by atoms with van der Waals surface area (Å²) in [5.41, 5.74) is 0.741. The van der Waals surface area contributed by atoms with Crippen LogP contribution in [0.3, 0.4) is 0 Å². The van der Waals surface area contributed by atoms with E-state index in [2.05, 4.69) is 10.3 Å². The van der Waals surface area contributed by atoms with Crippen molar-refractivity contribution < 1.29 is 14.4 Å². The summed E-state index contributed by atoms with van der Waals surface area (Å²) >= 11 is 0. The minimum atomic E-state index is -0.694. The minimum Gasteiger partial charge on any atom is -0.347 e. The second-order valence-electron chi connectivity index (χ2n) is 8.18. The maximum Gasteiger partial charge on any atom is 0.272 e. The quantitative estimate of drug-likeness (QED) is 0.846. The van der Waals surface area contributed by atoms with Gasteiger partial charge in [0.1, 0.15) is 5.69 Å². The lowest BCUT2D eigenvalue weighted by molar-refractivity contribution is -0.130. The molecule has 0 aliphatic carbocycles. The summed E-state index contributed by atoms with van der Waals surface area (Å²) in [6.45, 7) is 4.32. The van der Waals surface area contributed by atoms with Gasteiger partial charge in [-0.3, -0.25) is 19.4 Å². The Balaban J connectivity index is 1.70. The third-order valence-electron chi connectivity index (χ3n) is 6.20. The molecule has 4 rings (SSSR count). The number of pyridine rings is 1. The lowest BCUT2D eigenvalue weighted by Crippen LogP contribution is -2.64. The van der Waals surface area contributed by atoms with Crippen molar-refractivity contribution in [3.8, 4) is 0 Å². The fraction of sp³-hybridized carbons (Fsp3) is 0.391. The molecule has 2 fully saturated rings. The molecule has 0 bridgehead atoms. The molecule has 2 aromatic rings. The summed E-state index contributed by atoms with van der Waals surface area (Å²) in [7, 11) is 0. The van der Waals surface area contributed by atoms with Crippen LogP contribution in [0.4, 0.5) is 0 Å². The van der Waals surface area contributed by atoms with Crippen LogP contribution >= 0.6 is 0 Å². The van der Waals surface area contributed by atoms with Gasteiger partial charge in [0, 0.05) is 45.6 Å². The highest BCUT2D eigenvalue weighted by Crippen LogP contribution is 2.47. The SMILES string of the molecule is CC(=O)N[C@@]12CN(C(=O)c3ccccn3)CC[C@@H]1[C@@H](c1ccccc1)N(C(C)=O)C2. The summed E-state index contributed by atoms with van der Waals surface area (Å²) in [5, 5.41) is 3.13. The van der Waals surface area contributed by atoms with Crippen molar-refractivity contribution in [2.24, 2.45) is 5.92 Å². The van der Waals surface area contributed by atoms with Gasteiger partial charge in [-0.15, -0.1) is 0 Å². The lowest BCUT2D eigenvalue weighted by atomic mass is 9.75. The number of benzene rings is 1. The summed E-state index contributed by atoms with van der Waals surface area (Å²) in [6.07, 6.45) is 2.28. The number of fused-ring (bicyclic) bond motifs is 1. The first-order valence-corrected chi connectivity index (χ1v) is 10.2. The van der Waals surface area contributed by atoms with E-state index in [1.54, 1.807) is 36.2 Å². The largest absolute Gasteiger partial charge is 0.347 e. The zero-order chi connectivity index (χ0) is 21.3. The van der Waals surface area contributed by atoms with E-state index in [-0.39, 0.29) is 29.7 Å². The molecule has 3 atom stereocenters. The molecule has 1 aromatic heterocycles. The Morgan fingerprint density at radius 3 is 2.40 bits per heavy atom. The average Bonchev–Trinajstić information content (AvgIpc) is 3.08. The van der Waals surface area contributed by atoms with Crippen molar-refractivity contribution in [2.75, 3.05) is 19.6 Å². The first-order chi connectivity index (χ1) is 14.4. The van der Waals surface area contributed by atoms with E-state index in [1.807, 2.05) is 35.2 Å². The molecule has 30 heavy (non-hydrogen) atoms. The van der Waals surface area contributed by atoms with Crippen LogP contribution in [0.5, 0.6) is 0 Å². The molecule has 156 valence electrons. The lowest BCUT2D eigenvalue weighted by Gasteiger charge is -2.45. The smallest absolute Gasteiger partial charge is 0.272 e. The van der Waals surface area contributed by atoms with E-state index < -0.39 is 5.54 Å². The van der Waals surface area contributed by atoms with Gasteiger partial charge < -0.3 is 15.1 Å². The number of rotatable bonds is 3. The zero-order valence-corrected chi connectivity index (χ0v) is 17.2. The highest BCUT2D eigenvalue weighted by molar-refractivity contribution is 5.92. The number of hydrogen-bond donors (Lipinski definition) is 1. The molecule has 7 heteroatoms. The molecule has 7 nitrogen and oxygen atoms in total. The summed E-state index contributed by atoms with van der Waals surface area (Å²) in [4.78, 5) is 45.6. The number of piperidine rings is 1. The van der Waals surface area contributed by atoms with Crippen molar-refractivity contribution in [2.45, 2.75) is 31.8 Å². The Hall–Kier alpha value is -3.22. The van der Waals surface area contributed by atoms with Gasteiger partial charge in [0.2, 0.25) is 11.8 Å². The second kappa shape index (κ2) is 7.89. The number of hydrogen-bond acceptors (Lipinski definition) is 4. The molecule has 0 radical (unpaired) electrons. The van der Waals surface area contributed by atoms with E-state index in [0.717, 1.165) is 5.56 Å². The number of carbonyl (C=O) groups is 3. The normalized spacial score (nSPS) is 25.5. The number of amides is 3. The number of nitrogens with one attached hydrogen (secondary N) is 1. The molecule has 0 spiro atoms. The van der Waals surface area contributed by atoms with Crippen LogP contribution in [0.1, 0.15) is 42.4 Å². The van der Waals surface area contributed by atoms with E-state index in [0.29, 0.717) is 31.7 Å². The standard InChI is InChI=1S/C23H26N4O3/c1-16(28)25-23-14-26(22(30)20-10-6-7-12-24-20)13-11-19(23)21(27(15-23)17(2)29)18-8-4-3-5-9-18/h3-10,12,19,21H,11,13-15H2,1-2H3,(H,25,28)/t19-,21-,23-/m1/s1. The van der Waals surface area contributed by atoms with Gasteiger partial charge in [-0.1, -0.05) is 36.4 Å². The fourth-order valence-electron chi connectivity index (χ4n) is 5.07. The molecule has 1 aromatic carbocycles. The number of carbonyl (C=O) groups excluding carboxylic acids is 3. The van der Waals surface area contributed by atoms with Gasteiger partial charge >= 0.3 is 0 Å².